The smallest absolute Gasteiger partial charge is 0.156 e. The van der Waals surface area contributed by atoms with Gasteiger partial charge in [0.05, 0.1) is 6.20 Å². The molecule has 0 aliphatic rings. The van der Waals surface area contributed by atoms with Crippen LogP contribution in [0.25, 0.3) is 5.65 Å². The lowest BCUT2D eigenvalue weighted by Crippen LogP contribution is -1.81. The summed E-state index contributed by atoms with van der Waals surface area (Å²) in [5.41, 5.74) is 0.863. The average molecular weight is 215 g/mol. The second-order valence-corrected chi connectivity index (χ2v) is 5.10. The molecule has 12 heavy (non-hydrogen) atoms. The fraction of sp³-hybridized carbons (Fsp3) is 0. The topological polar surface area (TPSA) is 30.2 Å². The van der Waals surface area contributed by atoms with Crippen LogP contribution in [0.2, 0.25) is 0 Å². The van der Waals surface area contributed by atoms with E-state index in [1.807, 2.05) is 16.8 Å². The van der Waals surface area contributed by atoms with E-state index in [4.69, 9.17) is 0 Å². The lowest BCUT2D eigenvalue weighted by molar-refractivity contribution is 1.13. The molecule has 2 aromatic heterocycles. The maximum absolute atomic E-state index is 4.30. The van der Waals surface area contributed by atoms with E-state index in [0.29, 0.717) is 0 Å². The molecule has 0 fully saturated rings. The van der Waals surface area contributed by atoms with Gasteiger partial charge in [0.2, 0.25) is 0 Å². The van der Waals surface area contributed by atoms with E-state index in [0.717, 1.165) is 10.7 Å². The van der Waals surface area contributed by atoms with Gasteiger partial charge in [0.15, 0.2) is 5.65 Å². The van der Waals surface area contributed by atoms with Crippen LogP contribution in [-0.4, -0.2) is 14.4 Å². The largest absolute Gasteiger partial charge is 0.303 e. The highest BCUT2D eigenvalue weighted by atomic mass is 33.5. The Morgan fingerprint density at radius 3 is 3.17 bits per heavy atom. The molecule has 2 aromatic rings. The van der Waals surface area contributed by atoms with Gasteiger partial charge in [-0.15, -0.1) is 0 Å². The molecular formula is C6H5N3S3. The zero-order valence-corrected chi connectivity index (χ0v) is 8.44. The van der Waals surface area contributed by atoms with Gasteiger partial charge in [0.1, 0.15) is 5.03 Å². The van der Waals surface area contributed by atoms with E-state index in [-0.39, 0.29) is 0 Å². The van der Waals surface area contributed by atoms with Gasteiger partial charge in [0.25, 0.3) is 0 Å². The van der Waals surface area contributed by atoms with E-state index in [1.54, 1.807) is 12.4 Å². The molecule has 0 aromatic carbocycles. The van der Waals surface area contributed by atoms with Crippen molar-refractivity contribution in [2.24, 2.45) is 0 Å². The van der Waals surface area contributed by atoms with Crippen LogP contribution < -0.4 is 0 Å². The van der Waals surface area contributed by atoms with Crippen LogP contribution in [0.5, 0.6) is 0 Å². The molecule has 0 bridgehead atoms. The minimum absolute atomic E-state index is 0.863. The number of imidazole rings is 1. The van der Waals surface area contributed by atoms with Gasteiger partial charge in [-0.2, -0.15) is 0 Å². The number of hydrogen-bond donors (Lipinski definition) is 1. The van der Waals surface area contributed by atoms with Crippen LogP contribution in [-0.2, 0) is 0 Å². The van der Waals surface area contributed by atoms with E-state index >= 15 is 0 Å². The van der Waals surface area contributed by atoms with Crippen molar-refractivity contribution in [3.8, 4) is 0 Å². The predicted octanol–water partition coefficient (Wildman–Crippen LogP) is 2.31. The zero-order valence-electron chi connectivity index (χ0n) is 5.91. The highest BCUT2D eigenvalue weighted by molar-refractivity contribution is 9.05. The molecule has 6 heteroatoms. The standard InChI is InChI=1S/C6H5N3S3/c10-12-11-6-4-9-2-1-7-3-5(9)8-6/h1-4,10H. The van der Waals surface area contributed by atoms with E-state index < -0.39 is 0 Å². The van der Waals surface area contributed by atoms with Gasteiger partial charge >= 0.3 is 0 Å². The van der Waals surface area contributed by atoms with Crippen molar-refractivity contribution in [3.63, 3.8) is 0 Å². The Bertz CT molecular complexity index is 353. The molecule has 3 nitrogen and oxygen atoms in total. The van der Waals surface area contributed by atoms with Crippen molar-refractivity contribution in [2.45, 2.75) is 5.03 Å². The van der Waals surface area contributed by atoms with Crippen molar-refractivity contribution in [3.05, 3.63) is 24.8 Å². The minimum Gasteiger partial charge on any atom is -0.303 e. The fourth-order valence-corrected chi connectivity index (χ4v) is 2.42. The predicted molar refractivity (Wildman–Crippen MR) is 55.4 cm³/mol. The number of fused-ring (bicyclic) bond motifs is 1. The molecule has 2 rings (SSSR count). The van der Waals surface area contributed by atoms with Gasteiger partial charge in [-0.25, -0.2) is 4.98 Å². The Kier molecular flexibility index (Phi) is 2.48. The minimum atomic E-state index is 0.863. The lowest BCUT2D eigenvalue weighted by Gasteiger charge is -1.86. The number of rotatable bonds is 2. The third kappa shape index (κ3) is 1.55. The molecule has 0 saturated heterocycles. The summed E-state index contributed by atoms with van der Waals surface area (Å²) in [6.07, 6.45) is 7.28. The Morgan fingerprint density at radius 1 is 1.50 bits per heavy atom. The van der Waals surface area contributed by atoms with Crippen molar-refractivity contribution < 1.29 is 0 Å². The van der Waals surface area contributed by atoms with Crippen LogP contribution in [0.15, 0.2) is 29.8 Å². The molecular weight excluding hydrogens is 210 g/mol. The summed E-state index contributed by atoms with van der Waals surface area (Å²) >= 11 is 4.03. The average Bonchev–Trinajstić information content (AvgIpc) is 2.47. The van der Waals surface area contributed by atoms with Crippen molar-refractivity contribution in [1.29, 1.82) is 0 Å². The molecule has 0 N–H and O–H groups in total. The van der Waals surface area contributed by atoms with Gasteiger partial charge in [-0.1, -0.05) is 11.7 Å². The van der Waals surface area contributed by atoms with Crippen LogP contribution in [0.3, 0.4) is 0 Å². The summed E-state index contributed by atoms with van der Waals surface area (Å²) in [6, 6.07) is 0. The first-order chi connectivity index (χ1) is 5.90. The van der Waals surface area contributed by atoms with E-state index in [1.165, 1.54) is 20.6 Å². The SMILES string of the molecule is SSSc1cn2ccncc2n1. The third-order valence-electron chi connectivity index (χ3n) is 1.36. The zero-order chi connectivity index (χ0) is 8.39. The molecule has 0 aliphatic heterocycles. The molecule has 2 heterocycles. The van der Waals surface area contributed by atoms with E-state index in [9.17, 15) is 0 Å². The second-order valence-electron chi connectivity index (χ2n) is 2.08. The Morgan fingerprint density at radius 2 is 2.42 bits per heavy atom. The van der Waals surface area contributed by atoms with Crippen LogP contribution in [0, 0.1) is 0 Å². The molecule has 0 spiro atoms. The first-order valence-corrected chi connectivity index (χ1v) is 6.37. The Hall–Kier alpha value is -0.330. The van der Waals surface area contributed by atoms with Crippen molar-refractivity contribution in [1.82, 2.24) is 14.4 Å². The van der Waals surface area contributed by atoms with Gasteiger partial charge < -0.3 is 4.40 Å². The number of nitrogens with zero attached hydrogens (tertiary/aromatic N) is 3. The molecule has 62 valence electrons. The quantitative estimate of drug-likeness (QED) is 0.615. The van der Waals surface area contributed by atoms with Gasteiger partial charge in [-0.3, -0.25) is 4.98 Å². The van der Waals surface area contributed by atoms with Crippen LogP contribution >= 0.6 is 32.3 Å². The Labute approximate surface area is 82.2 Å². The first kappa shape index (κ1) is 8.28. The molecule has 0 radical (unpaired) electrons. The summed E-state index contributed by atoms with van der Waals surface area (Å²) in [5, 5.41) is 0.947. The lowest BCUT2D eigenvalue weighted by atomic mass is 10.7. The highest BCUT2D eigenvalue weighted by Gasteiger charge is 1.99. The summed E-state index contributed by atoms with van der Waals surface area (Å²) in [5.74, 6) is 0. The highest BCUT2D eigenvalue weighted by Crippen LogP contribution is 2.32. The van der Waals surface area contributed by atoms with E-state index in [2.05, 4.69) is 21.6 Å². The van der Waals surface area contributed by atoms with Gasteiger partial charge in [-0.05, 0) is 20.6 Å². The summed E-state index contributed by atoms with van der Waals surface area (Å²) in [4.78, 5) is 8.26. The number of hydrogen-bond acceptors (Lipinski definition) is 5. The van der Waals surface area contributed by atoms with Crippen LogP contribution in [0.4, 0.5) is 0 Å². The number of aromatic nitrogens is 3. The first-order valence-electron chi connectivity index (χ1n) is 3.17. The second kappa shape index (κ2) is 3.59. The van der Waals surface area contributed by atoms with Crippen LogP contribution in [0.1, 0.15) is 0 Å². The Balaban J connectivity index is 2.47. The molecule has 0 atom stereocenters. The fourth-order valence-electron chi connectivity index (χ4n) is 0.898. The maximum atomic E-state index is 4.30. The summed E-state index contributed by atoms with van der Waals surface area (Å²) < 4.78 is 1.93. The summed E-state index contributed by atoms with van der Waals surface area (Å²) in [6.45, 7) is 0. The molecule has 0 unspecified atom stereocenters. The van der Waals surface area contributed by atoms with Gasteiger partial charge in [0, 0.05) is 18.6 Å². The van der Waals surface area contributed by atoms with Crippen molar-refractivity contribution in [2.75, 3.05) is 0 Å². The molecule has 0 aliphatic carbocycles. The molecule has 0 saturated carbocycles. The monoisotopic (exact) mass is 215 g/mol. The molecule has 0 amide bonds. The maximum Gasteiger partial charge on any atom is 0.156 e. The van der Waals surface area contributed by atoms with Crippen molar-refractivity contribution >= 4 is 37.9 Å². The third-order valence-corrected chi connectivity index (χ3v) is 3.21. The number of thiol groups is 1. The summed E-state index contributed by atoms with van der Waals surface area (Å²) in [7, 11) is 2.91. The normalized spacial score (nSPS) is 10.8.